The monoisotopic (exact) mass is 244 g/mol. The van der Waals surface area contributed by atoms with Crippen LogP contribution in [0.1, 0.15) is 32.3 Å². The van der Waals surface area contributed by atoms with Crippen molar-refractivity contribution in [1.29, 1.82) is 0 Å². The molecule has 0 radical (unpaired) electrons. The Bertz CT molecular complexity index is 415. The highest BCUT2D eigenvalue weighted by atomic mass is 15.3. The minimum atomic E-state index is 0.645. The molecule has 2 heteroatoms. The molecule has 2 unspecified atom stereocenters. The van der Waals surface area contributed by atoms with Gasteiger partial charge in [-0.05, 0) is 50.4 Å². The van der Waals surface area contributed by atoms with Crippen molar-refractivity contribution in [3.63, 3.8) is 0 Å². The Labute approximate surface area is 111 Å². The lowest BCUT2D eigenvalue weighted by atomic mass is 10.1. The van der Waals surface area contributed by atoms with Crippen molar-refractivity contribution in [1.82, 2.24) is 4.90 Å². The molecule has 2 atom stereocenters. The zero-order valence-electron chi connectivity index (χ0n) is 11.6. The molecular formula is C16H24N2. The summed E-state index contributed by atoms with van der Waals surface area (Å²) < 4.78 is 0. The van der Waals surface area contributed by atoms with Crippen molar-refractivity contribution >= 4 is 5.69 Å². The van der Waals surface area contributed by atoms with Gasteiger partial charge in [-0.1, -0.05) is 19.1 Å². The molecule has 0 N–H and O–H groups in total. The SMILES string of the molecule is CCc1cccc(N2CC3CCCN3CC2C)c1. The molecule has 18 heavy (non-hydrogen) atoms. The molecule has 2 nitrogen and oxygen atoms in total. The summed E-state index contributed by atoms with van der Waals surface area (Å²) in [6, 6.07) is 10.5. The zero-order chi connectivity index (χ0) is 12.5. The maximum atomic E-state index is 2.69. The third kappa shape index (κ3) is 2.14. The zero-order valence-corrected chi connectivity index (χ0v) is 11.6. The lowest BCUT2D eigenvalue weighted by molar-refractivity contribution is 0.203. The second-order valence-corrected chi connectivity index (χ2v) is 5.82. The normalized spacial score (nSPS) is 28.4. The van der Waals surface area contributed by atoms with E-state index in [1.54, 1.807) is 0 Å². The molecule has 3 rings (SSSR count). The van der Waals surface area contributed by atoms with E-state index in [0.29, 0.717) is 6.04 Å². The van der Waals surface area contributed by atoms with Gasteiger partial charge in [0.15, 0.2) is 0 Å². The van der Waals surface area contributed by atoms with Gasteiger partial charge in [-0.3, -0.25) is 4.90 Å². The molecule has 2 saturated heterocycles. The summed E-state index contributed by atoms with van der Waals surface area (Å²) in [6.07, 6.45) is 3.91. The van der Waals surface area contributed by atoms with Gasteiger partial charge in [-0.2, -0.15) is 0 Å². The van der Waals surface area contributed by atoms with Crippen LogP contribution in [0.15, 0.2) is 24.3 Å². The van der Waals surface area contributed by atoms with Crippen LogP contribution >= 0.6 is 0 Å². The van der Waals surface area contributed by atoms with Gasteiger partial charge in [0.2, 0.25) is 0 Å². The molecule has 0 aliphatic carbocycles. The Kier molecular flexibility index (Phi) is 3.29. The van der Waals surface area contributed by atoms with Crippen molar-refractivity contribution in [2.24, 2.45) is 0 Å². The number of piperazine rings is 1. The third-order valence-electron chi connectivity index (χ3n) is 4.59. The second-order valence-electron chi connectivity index (χ2n) is 5.82. The Hall–Kier alpha value is -1.02. The van der Waals surface area contributed by atoms with Crippen LogP contribution in [0.5, 0.6) is 0 Å². The summed E-state index contributed by atoms with van der Waals surface area (Å²) in [4.78, 5) is 5.30. The van der Waals surface area contributed by atoms with Crippen LogP contribution in [0.2, 0.25) is 0 Å². The fraction of sp³-hybridized carbons (Fsp3) is 0.625. The highest BCUT2D eigenvalue weighted by Crippen LogP contribution is 2.29. The number of hydrogen-bond acceptors (Lipinski definition) is 2. The average molecular weight is 244 g/mol. The average Bonchev–Trinajstić information content (AvgIpc) is 2.85. The molecule has 0 bridgehead atoms. The number of hydrogen-bond donors (Lipinski definition) is 0. The molecule has 98 valence electrons. The number of anilines is 1. The summed E-state index contributed by atoms with van der Waals surface area (Å²) in [6.45, 7) is 8.37. The third-order valence-corrected chi connectivity index (χ3v) is 4.59. The molecule has 2 aliphatic heterocycles. The standard InChI is InChI=1S/C16H24N2/c1-3-14-6-4-7-15(10-14)18-12-16-8-5-9-17(16)11-13(18)2/h4,6-7,10,13,16H,3,5,8-9,11-12H2,1-2H3. The molecule has 0 spiro atoms. The lowest BCUT2D eigenvalue weighted by Crippen LogP contribution is -2.55. The van der Waals surface area contributed by atoms with E-state index in [2.05, 4.69) is 47.9 Å². The molecule has 1 aromatic rings. The Balaban J connectivity index is 1.81. The largest absolute Gasteiger partial charge is 0.366 e. The van der Waals surface area contributed by atoms with Gasteiger partial charge in [0.25, 0.3) is 0 Å². The topological polar surface area (TPSA) is 6.48 Å². The van der Waals surface area contributed by atoms with Crippen LogP contribution in [-0.4, -0.2) is 36.6 Å². The number of fused-ring (bicyclic) bond motifs is 1. The molecule has 0 saturated carbocycles. The van der Waals surface area contributed by atoms with E-state index in [4.69, 9.17) is 0 Å². The molecular weight excluding hydrogens is 220 g/mol. The maximum Gasteiger partial charge on any atom is 0.0389 e. The van der Waals surface area contributed by atoms with Crippen molar-refractivity contribution < 1.29 is 0 Å². The number of nitrogens with zero attached hydrogens (tertiary/aromatic N) is 2. The minimum absolute atomic E-state index is 0.645. The Morgan fingerprint density at radius 2 is 2.17 bits per heavy atom. The Morgan fingerprint density at radius 3 is 3.00 bits per heavy atom. The number of rotatable bonds is 2. The van der Waals surface area contributed by atoms with Crippen molar-refractivity contribution in [2.45, 2.75) is 45.2 Å². The first-order valence-corrected chi connectivity index (χ1v) is 7.37. The molecule has 0 amide bonds. The minimum Gasteiger partial charge on any atom is -0.366 e. The van der Waals surface area contributed by atoms with Crippen LogP contribution in [-0.2, 0) is 6.42 Å². The summed E-state index contributed by atoms with van der Waals surface area (Å²) in [5.41, 5.74) is 2.88. The summed E-state index contributed by atoms with van der Waals surface area (Å²) in [5.74, 6) is 0. The van der Waals surface area contributed by atoms with Gasteiger partial charge in [-0.25, -0.2) is 0 Å². The van der Waals surface area contributed by atoms with Crippen molar-refractivity contribution in [2.75, 3.05) is 24.5 Å². The van der Waals surface area contributed by atoms with E-state index >= 15 is 0 Å². The van der Waals surface area contributed by atoms with Gasteiger partial charge >= 0.3 is 0 Å². The fourth-order valence-electron chi connectivity index (χ4n) is 3.50. The first kappa shape index (κ1) is 12.0. The summed E-state index contributed by atoms with van der Waals surface area (Å²) >= 11 is 0. The molecule has 1 aromatic carbocycles. The van der Waals surface area contributed by atoms with Crippen LogP contribution in [0.3, 0.4) is 0 Å². The Morgan fingerprint density at radius 1 is 1.28 bits per heavy atom. The van der Waals surface area contributed by atoms with Crippen LogP contribution in [0, 0.1) is 0 Å². The molecule has 2 heterocycles. The van der Waals surface area contributed by atoms with Crippen LogP contribution < -0.4 is 4.90 Å². The van der Waals surface area contributed by atoms with Gasteiger partial charge in [-0.15, -0.1) is 0 Å². The van der Waals surface area contributed by atoms with E-state index < -0.39 is 0 Å². The quantitative estimate of drug-likeness (QED) is 0.789. The highest BCUT2D eigenvalue weighted by Gasteiger charge is 2.34. The molecule has 0 aromatic heterocycles. The van der Waals surface area contributed by atoms with Gasteiger partial charge in [0.05, 0.1) is 0 Å². The number of benzene rings is 1. The fourth-order valence-corrected chi connectivity index (χ4v) is 3.50. The van der Waals surface area contributed by atoms with Gasteiger partial charge in [0, 0.05) is 30.9 Å². The molecule has 2 fully saturated rings. The van der Waals surface area contributed by atoms with E-state index in [-0.39, 0.29) is 0 Å². The number of aryl methyl sites for hydroxylation is 1. The van der Waals surface area contributed by atoms with E-state index in [1.165, 1.54) is 43.7 Å². The first-order valence-electron chi connectivity index (χ1n) is 7.37. The lowest BCUT2D eigenvalue weighted by Gasteiger charge is -2.43. The van der Waals surface area contributed by atoms with Gasteiger partial charge in [0.1, 0.15) is 0 Å². The predicted molar refractivity (Wildman–Crippen MR) is 77.2 cm³/mol. The maximum absolute atomic E-state index is 2.69. The summed E-state index contributed by atoms with van der Waals surface area (Å²) in [5, 5.41) is 0. The summed E-state index contributed by atoms with van der Waals surface area (Å²) in [7, 11) is 0. The predicted octanol–water partition coefficient (Wildman–Crippen LogP) is 2.92. The highest BCUT2D eigenvalue weighted by molar-refractivity contribution is 5.50. The van der Waals surface area contributed by atoms with Crippen LogP contribution in [0.25, 0.3) is 0 Å². The van der Waals surface area contributed by atoms with Crippen molar-refractivity contribution in [3.05, 3.63) is 29.8 Å². The van der Waals surface area contributed by atoms with Gasteiger partial charge < -0.3 is 4.90 Å². The van der Waals surface area contributed by atoms with E-state index in [1.807, 2.05) is 0 Å². The van der Waals surface area contributed by atoms with Crippen LogP contribution in [0.4, 0.5) is 5.69 Å². The smallest absolute Gasteiger partial charge is 0.0389 e. The van der Waals surface area contributed by atoms with E-state index in [9.17, 15) is 0 Å². The first-order chi connectivity index (χ1) is 8.78. The van der Waals surface area contributed by atoms with E-state index in [0.717, 1.165) is 12.5 Å². The molecule has 2 aliphatic rings. The van der Waals surface area contributed by atoms with Crippen molar-refractivity contribution in [3.8, 4) is 0 Å². The second kappa shape index (κ2) is 4.93.